The van der Waals surface area contributed by atoms with Crippen molar-refractivity contribution in [1.82, 2.24) is 0 Å². The zero-order chi connectivity index (χ0) is 17.7. The molecule has 1 amide bonds. The molecule has 0 bridgehead atoms. The highest BCUT2D eigenvalue weighted by Crippen LogP contribution is 2.28. The smallest absolute Gasteiger partial charge is 0.268 e. The van der Waals surface area contributed by atoms with Crippen LogP contribution < -0.4 is 4.31 Å². The Morgan fingerprint density at radius 2 is 1.71 bits per heavy atom. The van der Waals surface area contributed by atoms with Gasteiger partial charge in [0.1, 0.15) is 0 Å². The molecule has 2 rings (SSSR count). The molecule has 4 nitrogen and oxygen atoms in total. The summed E-state index contributed by atoms with van der Waals surface area (Å²) in [7, 11) is -4.04. The number of hydrogen-bond acceptors (Lipinski definition) is 3. The van der Waals surface area contributed by atoms with Crippen molar-refractivity contribution in [2.75, 3.05) is 4.31 Å². The number of amides is 1. The zero-order valence-corrected chi connectivity index (χ0v) is 14.5. The molecular formula is C19H19NO3S. The van der Waals surface area contributed by atoms with E-state index in [2.05, 4.69) is 6.58 Å². The van der Waals surface area contributed by atoms with Crippen molar-refractivity contribution in [3.63, 3.8) is 0 Å². The zero-order valence-electron chi connectivity index (χ0n) is 13.6. The molecule has 2 aromatic carbocycles. The van der Waals surface area contributed by atoms with Crippen LogP contribution in [0.25, 0.3) is 6.08 Å². The first-order chi connectivity index (χ1) is 11.4. The number of rotatable bonds is 5. The van der Waals surface area contributed by atoms with Gasteiger partial charge < -0.3 is 0 Å². The van der Waals surface area contributed by atoms with Gasteiger partial charge in [0.15, 0.2) is 0 Å². The molecule has 0 aromatic heterocycles. The average molecular weight is 341 g/mol. The van der Waals surface area contributed by atoms with E-state index in [1.165, 1.54) is 30.4 Å². The molecule has 0 fully saturated rings. The minimum absolute atomic E-state index is 0.0600. The van der Waals surface area contributed by atoms with E-state index < -0.39 is 15.9 Å². The molecule has 0 radical (unpaired) electrons. The minimum atomic E-state index is -4.04. The molecule has 5 heteroatoms. The molecular weight excluding hydrogens is 322 g/mol. The number of benzene rings is 2. The summed E-state index contributed by atoms with van der Waals surface area (Å²) in [5, 5.41) is 0. The van der Waals surface area contributed by atoms with Crippen LogP contribution in [-0.2, 0) is 14.8 Å². The molecule has 124 valence electrons. The molecule has 0 aliphatic heterocycles. The van der Waals surface area contributed by atoms with E-state index in [0.717, 1.165) is 9.87 Å². The monoisotopic (exact) mass is 341 g/mol. The standard InChI is InChI=1S/C19H19NO3S/c1-4-8-19(21)20(18-10-7-6-9-16(18)5-2)24(22,23)17-13-11-15(3)12-14-17/h4-14H,2H2,1,3H3/b8-4+. The van der Waals surface area contributed by atoms with Gasteiger partial charge in [0.05, 0.1) is 10.6 Å². The molecule has 0 aliphatic rings. The summed E-state index contributed by atoms with van der Waals surface area (Å²) >= 11 is 0. The van der Waals surface area contributed by atoms with Gasteiger partial charge in [-0.1, -0.05) is 54.6 Å². The normalized spacial score (nSPS) is 11.4. The molecule has 2 aromatic rings. The fourth-order valence-electron chi connectivity index (χ4n) is 2.24. The lowest BCUT2D eigenvalue weighted by atomic mass is 10.2. The molecule has 0 atom stereocenters. The van der Waals surface area contributed by atoms with Crippen molar-refractivity contribution in [2.45, 2.75) is 18.7 Å². The number of carbonyl (C=O) groups is 1. The number of aryl methyl sites for hydroxylation is 1. The topological polar surface area (TPSA) is 54.5 Å². The molecule has 0 spiro atoms. The number of para-hydroxylation sites is 1. The Morgan fingerprint density at radius 1 is 1.08 bits per heavy atom. The fourth-order valence-corrected chi connectivity index (χ4v) is 3.65. The predicted molar refractivity (Wildman–Crippen MR) is 97.2 cm³/mol. The summed E-state index contributed by atoms with van der Waals surface area (Å²) in [6, 6.07) is 13.1. The van der Waals surface area contributed by atoms with Gasteiger partial charge in [0, 0.05) is 6.08 Å². The third-order valence-corrected chi connectivity index (χ3v) is 5.17. The SMILES string of the molecule is C=Cc1ccccc1N(C(=O)/C=C/C)S(=O)(=O)c1ccc(C)cc1. The van der Waals surface area contributed by atoms with E-state index in [1.807, 2.05) is 6.92 Å². The molecule has 0 N–H and O–H groups in total. The van der Waals surface area contributed by atoms with E-state index in [4.69, 9.17) is 0 Å². The summed E-state index contributed by atoms with van der Waals surface area (Å²) in [5.41, 5.74) is 1.77. The summed E-state index contributed by atoms with van der Waals surface area (Å²) in [4.78, 5) is 12.6. The van der Waals surface area contributed by atoms with Crippen molar-refractivity contribution in [3.05, 3.63) is 78.4 Å². The second-order valence-electron chi connectivity index (χ2n) is 5.18. The van der Waals surface area contributed by atoms with Gasteiger partial charge in [-0.25, -0.2) is 8.42 Å². The van der Waals surface area contributed by atoms with Crippen LogP contribution >= 0.6 is 0 Å². The summed E-state index contributed by atoms with van der Waals surface area (Å²) in [5.74, 6) is -0.632. The van der Waals surface area contributed by atoms with Crippen molar-refractivity contribution in [3.8, 4) is 0 Å². The molecule has 0 unspecified atom stereocenters. The van der Waals surface area contributed by atoms with Gasteiger partial charge in [-0.2, -0.15) is 4.31 Å². The van der Waals surface area contributed by atoms with Crippen LogP contribution in [0.1, 0.15) is 18.1 Å². The maximum absolute atomic E-state index is 13.1. The molecule has 0 heterocycles. The minimum Gasteiger partial charge on any atom is -0.268 e. The number of sulfonamides is 1. The largest absolute Gasteiger partial charge is 0.271 e. The summed E-state index contributed by atoms with van der Waals surface area (Å²) in [6.07, 6.45) is 4.26. The quantitative estimate of drug-likeness (QED) is 0.774. The lowest BCUT2D eigenvalue weighted by Crippen LogP contribution is -2.36. The van der Waals surface area contributed by atoms with Crippen molar-refractivity contribution in [2.24, 2.45) is 0 Å². The van der Waals surface area contributed by atoms with Gasteiger partial charge in [-0.05, 0) is 37.6 Å². The average Bonchev–Trinajstić information content (AvgIpc) is 2.56. The first-order valence-corrected chi connectivity index (χ1v) is 8.86. The third-order valence-electron chi connectivity index (χ3n) is 3.44. The maximum atomic E-state index is 13.1. The first-order valence-electron chi connectivity index (χ1n) is 7.42. The van der Waals surface area contributed by atoms with Gasteiger partial charge in [-0.15, -0.1) is 0 Å². The number of anilines is 1. The van der Waals surface area contributed by atoms with E-state index in [9.17, 15) is 13.2 Å². The van der Waals surface area contributed by atoms with Crippen molar-refractivity contribution >= 4 is 27.7 Å². The van der Waals surface area contributed by atoms with E-state index in [1.54, 1.807) is 43.3 Å². The highest BCUT2D eigenvalue weighted by atomic mass is 32.2. The van der Waals surface area contributed by atoms with Crippen molar-refractivity contribution in [1.29, 1.82) is 0 Å². The van der Waals surface area contributed by atoms with Crippen LogP contribution in [0.4, 0.5) is 5.69 Å². The lowest BCUT2D eigenvalue weighted by Gasteiger charge is -2.23. The Morgan fingerprint density at radius 3 is 2.29 bits per heavy atom. The Kier molecular flexibility index (Phi) is 5.36. The molecule has 0 saturated carbocycles. The van der Waals surface area contributed by atoms with Crippen LogP contribution in [0.3, 0.4) is 0 Å². The second kappa shape index (κ2) is 7.27. The highest BCUT2D eigenvalue weighted by Gasteiger charge is 2.30. The highest BCUT2D eigenvalue weighted by molar-refractivity contribution is 7.93. The Balaban J connectivity index is 2.68. The van der Waals surface area contributed by atoms with E-state index in [0.29, 0.717) is 5.56 Å². The second-order valence-corrected chi connectivity index (χ2v) is 6.97. The van der Waals surface area contributed by atoms with Crippen LogP contribution in [-0.4, -0.2) is 14.3 Å². The first kappa shape index (κ1) is 17.7. The number of nitrogens with zero attached hydrogens (tertiary/aromatic N) is 1. The number of hydrogen-bond donors (Lipinski definition) is 0. The van der Waals surface area contributed by atoms with Crippen LogP contribution in [0.15, 0.2) is 72.2 Å². The van der Waals surface area contributed by atoms with Crippen LogP contribution in [0.5, 0.6) is 0 Å². The van der Waals surface area contributed by atoms with Gasteiger partial charge in [-0.3, -0.25) is 4.79 Å². The van der Waals surface area contributed by atoms with Crippen LogP contribution in [0, 0.1) is 6.92 Å². The fraction of sp³-hybridized carbons (Fsp3) is 0.105. The summed E-state index contributed by atoms with van der Waals surface area (Å²) in [6.45, 7) is 7.22. The molecule has 24 heavy (non-hydrogen) atoms. The molecule has 0 aliphatic carbocycles. The third kappa shape index (κ3) is 3.46. The number of allylic oxidation sites excluding steroid dienone is 1. The Labute approximate surface area is 142 Å². The predicted octanol–water partition coefficient (Wildman–Crippen LogP) is 3.94. The summed E-state index contributed by atoms with van der Waals surface area (Å²) < 4.78 is 26.9. The van der Waals surface area contributed by atoms with Gasteiger partial charge >= 0.3 is 0 Å². The van der Waals surface area contributed by atoms with Gasteiger partial charge in [0.2, 0.25) is 0 Å². The Hall–Kier alpha value is -2.66. The Bertz CT molecular complexity index is 881. The number of carbonyl (C=O) groups excluding carboxylic acids is 1. The van der Waals surface area contributed by atoms with Crippen molar-refractivity contribution < 1.29 is 13.2 Å². The van der Waals surface area contributed by atoms with E-state index in [-0.39, 0.29) is 10.6 Å². The molecule has 0 saturated heterocycles. The van der Waals surface area contributed by atoms with Gasteiger partial charge in [0.25, 0.3) is 15.9 Å². The van der Waals surface area contributed by atoms with E-state index >= 15 is 0 Å². The maximum Gasteiger partial charge on any atom is 0.271 e. The van der Waals surface area contributed by atoms with Crippen LogP contribution in [0.2, 0.25) is 0 Å². The lowest BCUT2D eigenvalue weighted by molar-refractivity contribution is -0.113.